The summed E-state index contributed by atoms with van der Waals surface area (Å²) in [4.78, 5) is 12.3. The second-order valence-corrected chi connectivity index (χ2v) is 5.18. The first-order valence-electron chi connectivity index (χ1n) is 7.14. The van der Waals surface area contributed by atoms with Gasteiger partial charge in [-0.1, -0.05) is 23.8 Å². The summed E-state index contributed by atoms with van der Waals surface area (Å²) in [7, 11) is 3.19. The number of carbonyl (C=O) groups is 1. The molecule has 0 aromatic heterocycles. The molecule has 22 heavy (non-hydrogen) atoms. The molecule has 0 aliphatic rings. The number of aryl methyl sites for hydroxylation is 1. The van der Waals surface area contributed by atoms with Crippen LogP contribution in [0.3, 0.4) is 0 Å². The monoisotopic (exact) mass is 299 g/mol. The average molecular weight is 299 g/mol. The smallest absolute Gasteiger partial charge is 0.251 e. The highest BCUT2D eigenvalue weighted by Crippen LogP contribution is 2.29. The zero-order valence-electron chi connectivity index (χ0n) is 13.3. The van der Waals surface area contributed by atoms with Crippen LogP contribution in [-0.4, -0.2) is 20.1 Å². The summed E-state index contributed by atoms with van der Waals surface area (Å²) in [6.45, 7) is 3.93. The van der Waals surface area contributed by atoms with Crippen LogP contribution < -0.4 is 14.8 Å². The minimum atomic E-state index is -0.131. The molecule has 116 valence electrons. The van der Waals surface area contributed by atoms with E-state index in [0.717, 1.165) is 11.1 Å². The van der Waals surface area contributed by atoms with Gasteiger partial charge in [-0.2, -0.15) is 0 Å². The third-order valence-electron chi connectivity index (χ3n) is 3.57. The van der Waals surface area contributed by atoms with Crippen LogP contribution in [0.4, 0.5) is 0 Å². The van der Waals surface area contributed by atoms with Gasteiger partial charge in [0, 0.05) is 5.56 Å². The Morgan fingerprint density at radius 2 is 1.64 bits per heavy atom. The summed E-state index contributed by atoms with van der Waals surface area (Å²) in [5, 5.41) is 2.99. The molecule has 4 heteroatoms. The van der Waals surface area contributed by atoms with E-state index >= 15 is 0 Å². The fraction of sp³-hybridized carbons (Fsp3) is 0.278. The number of hydrogen-bond donors (Lipinski definition) is 1. The minimum absolute atomic E-state index is 0.0951. The number of ether oxygens (including phenoxy) is 2. The predicted molar refractivity (Wildman–Crippen MR) is 86.6 cm³/mol. The van der Waals surface area contributed by atoms with E-state index in [1.54, 1.807) is 14.2 Å². The van der Waals surface area contributed by atoms with Crippen molar-refractivity contribution in [3.05, 3.63) is 59.2 Å². The van der Waals surface area contributed by atoms with Gasteiger partial charge in [-0.05, 0) is 43.7 Å². The molecule has 1 amide bonds. The van der Waals surface area contributed by atoms with Crippen molar-refractivity contribution >= 4 is 5.91 Å². The maximum absolute atomic E-state index is 12.3. The minimum Gasteiger partial charge on any atom is -0.493 e. The molecule has 1 N–H and O–H groups in total. The first-order chi connectivity index (χ1) is 10.5. The Hall–Kier alpha value is -2.49. The Balaban J connectivity index is 2.13. The Morgan fingerprint density at radius 1 is 1.00 bits per heavy atom. The molecule has 4 nitrogen and oxygen atoms in total. The van der Waals surface area contributed by atoms with Crippen molar-refractivity contribution in [2.75, 3.05) is 14.2 Å². The fourth-order valence-corrected chi connectivity index (χ4v) is 2.19. The highest BCUT2D eigenvalue weighted by atomic mass is 16.5. The van der Waals surface area contributed by atoms with E-state index in [4.69, 9.17) is 9.47 Å². The van der Waals surface area contributed by atoms with Gasteiger partial charge in [0.25, 0.3) is 5.91 Å². The van der Waals surface area contributed by atoms with Crippen molar-refractivity contribution < 1.29 is 14.3 Å². The van der Waals surface area contributed by atoms with E-state index in [1.165, 1.54) is 0 Å². The van der Waals surface area contributed by atoms with Gasteiger partial charge in [0.05, 0.1) is 20.3 Å². The normalized spacial score (nSPS) is 11.6. The number of amides is 1. The molecule has 0 saturated carbocycles. The molecule has 0 aliphatic carbocycles. The van der Waals surface area contributed by atoms with Crippen LogP contribution in [0.25, 0.3) is 0 Å². The van der Waals surface area contributed by atoms with Gasteiger partial charge in [-0.3, -0.25) is 4.79 Å². The van der Waals surface area contributed by atoms with Crippen LogP contribution in [0.5, 0.6) is 11.5 Å². The molecule has 2 rings (SSSR count). The average Bonchev–Trinajstić information content (AvgIpc) is 2.54. The number of rotatable bonds is 5. The Kier molecular flexibility index (Phi) is 5.04. The SMILES string of the molecule is COc1ccc(C(C)NC(=O)c2ccc(C)cc2)cc1OC. The second-order valence-electron chi connectivity index (χ2n) is 5.18. The molecule has 1 atom stereocenters. The fourth-order valence-electron chi connectivity index (χ4n) is 2.19. The lowest BCUT2D eigenvalue weighted by Crippen LogP contribution is -2.26. The van der Waals surface area contributed by atoms with Crippen LogP contribution in [0.1, 0.15) is 34.5 Å². The number of benzene rings is 2. The molecule has 0 bridgehead atoms. The lowest BCUT2D eigenvalue weighted by molar-refractivity contribution is 0.0940. The molecular formula is C18H21NO3. The van der Waals surface area contributed by atoms with E-state index < -0.39 is 0 Å². The molecule has 0 spiro atoms. The molecule has 2 aromatic carbocycles. The van der Waals surface area contributed by atoms with Crippen molar-refractivity contribution in [1.29, 1.82) is 0 Å². The molecule has 0 radical (unpaired) electrons. The van der Waals surface area contributed by atoms with Gasteiger partial charge in [-0.25, -0.2) is 0 Å². The van der Waals surface area contributed by atoms with E-state index in [9.17, 15) is 4.79 Å². The summed E-state index contributed by atoms with van der Waals surface area (Å²) in [5.41, 5.74) is 2.74. The molecule has 2 aromatic rings. The van der Waals surface area contributed by atoms with Gasteiger partial charge < -0.3 is 14.8 Å². The van der Waals surface area contributed by atoms with Crippen molar-refractivity contribution in [3.8, 4) is 11.5 Å². The maximum Gasteiger partial charge on any atom is 0.251 e. The Bertz CT molecular complexity index is 650. The number of carbonyl (C=O) groups excluding carboxylic acids is 1. The van der Waals surface area contributed by atoms with Crippen LogP contribution in [0.2, 0.25) is 0 Å². The first-order valence-corrected chi connectivity index (χ1v) is 7.14. The molecule has 0 heterocycles. The third-order valence-corrected chi connectivity index (χ3v) is 3.57. The van der Waals surface area contributed by atoms with Crippen LogP contribution in [-0.2, 0) is 0 Å². The number of methoxy groups -OCH3 is 2. The summed E-state index contributed by atoms with van der Waals surface area (Å²) in [6.07, 6.45) is 0. The third kappa shape index (κ3) is 3.58. The van der Waals surface area contributed by atoms with Gasteiger partial charge in [-0.15, -0.1) is 0 Å². The van der Waals surface area contributed by atoms with Crippen molar-refractivity contribution in [2.24, 2.45) is 0 Å². The summed E-state index contributed by atoms with van der Waals surface area (Å²) < 4.78 is 10.5. The van der Waals surface area contributed by atoms with Crippen molar-refractivity contribution in [2.45, 2.75) is 19.9 Å². The topological polar surface area (TPSA) is 47.6 Å². The van der Waals surface area contributed by atoms with Crippen molar-refractivity contribution in [1.82, 2.24) is 5.32 Å². The Labute approximate surface area is 131 Å². The Morgan fingerprint density at radius 3 is 2.23 bits per heavy atom. The number of hydrogen-bond acceptors (Lipinski definition) is 3. The van der Waals surface area contributed by atoms with E-state index in [-0.39, 0.29) is 11.9 Å². The van der Waals surface area contributed by atoms with Gasteiger partial charge in [0.1, 0.15) is 0 Å². The quantitative estimate of drug-likeness (QED) is 0.919. The molecule has 1 unspecified atom stereocenters. The number of nitrogens with one attached hydrogen (secondary N) is 1. The van der Waals surface area contributed by atoms with Crippen molar-refractivity contribution in [3.63, 3.8) is 0 Å². The molecular weight excluding hydrogens is 278 g/mol. The van der Waals surface area contributed by atoms with Gasteiger partial charge in [0.2, 0.25) is 0 Å². The first kappa shape index (κ1) is 15.9. The molecule has 0 saturated heterocycles. The van der Waals surface area contributed by atoms with Crippen LogP contribution in [0, 0.1) is 6.92 Å². The molecule has 0 fully saturated rings. The van der Waals surface area contributed by atoms with Crippen LogP contribution in [0.15, 0.2) is 42.5 Å². The van der Waals surface area contributed by atoms with Crippen LogP contribution >= 0.6 is 0 Å². The second kappa shape index (κ2) is 6.98. The van der Waals surface area contributed by atoms with E-state index in [1.807, 2.05) is 56.3 Å². The largest absolute Gasteiger partial charge is 0.493 e. The highest BCUT2D eigenvalue weighted by Gasteiger charge is 2.13. The van der Waals surface area contributed by atoms with Gasteiger partial charge in [0.15, 0.2) is 11.5 Å². The highest BCUT2D eigenvalue weighted by molar-refractivity contribution is 5.94. The van der Waals surface area contributed by atoms with E-state index in [0.29, 0.717) is 17.1 Å². The van der Waals surface area contributed by atoms with E-state index in [2.05, 4.69) is 5.32 Å². The summed E-state index contributed by atoms with van der Waals surface area (Å²) in [6, 6.07) is 13.0. The zero-order valence-corrected chi connectivity index (χ0v) is 13.3. The standard InChI is InChI=1S/C18H21NO3/c1-12-5-7-14(8-6-12)18(20)19-13(2)15-9-10-16(21-3)17(11-15)22-4/h5-11,13H,1-4H3,(H,19,20). The summed E-state index contributed by atoms with van der Waals surface area (Å²) >= 11 is 0. The zero-order chi connectivity index (χ0) is 16.1. The summed E-state index contributed by atoms with van der Waals surface area (Å²) in [5.74, 6) is 1.22. The predicted octanol–water partition coefficient (Wildman–Crippen LogP) is 3.50. The lowest BCUT2D eigenvalue weighted by atomic mass is 10.1. The maximum atomic E-state index is 12.3. The lowest BCUT2D eigenvalue weighted by Gasteiger charge is -2.16. The molecule has 0 aliphatic heterocycles. The van der Waals surface area contributed by atoms with Gasteiger partial charge >= 0.3 is 0 Å².